The number of ketones is 1. The first kappa shape index (κ1) is 15.1. The molecule has 3 rings (SSSR count). The average molecular weight is 325 g/mol. The highest BCUT2D eigenvalue weighted by Gasteiger charge is 2.31. The number of fused-ring (bicyclic) bond motifs is 1. The van der Waals surface area contributed by atoms with E-state index >= 15 is 0 Å². The normalized spacial score (nSPS) is 16.3. The topological polar surface area (TPSA) is 76.1 Å². The van der Waals surface area contributed by atoms with E-state index in [9.17, 15) is 10.1 Å². The van der Waals surface area contributed by atoms with Crippen LogP contribution in [-0.2, 0) is 0 Å². The molecule has 0 radical (unpaired) electrons. The van der Waals surface area contributed by atoms with Crippen LogP contribution in [0.1, 0.15) is 28.3 Å². The van der Waals surface area contributed by atoms with E-state index in [0.717, 1.165) is 0 Å². The van der Waals surface area contributed by atoms with Crippen molar-refractivity contribution in [2.45, 2.75) is 12.3 Å². The Labute approximate surface area is 138 Å². The Kier molecular flexibility index (Phi) is 4.05. The van der Waals surface area contributed by atoms with Crippen LogP contribution in [0.2, 0.25) is 5.02 Å². The molecule has 1 heterocycles. The summed E-state index contributed by atoms with van der Waals surface area (Å²) in [6.45, 7) is 0. The molecule has 0 saturated heterocycles. The van der Waals surface area contributed by atoms with E-state index in [1.54, 1.807) is 42.5 Å². The molecule has 2 N–H and O–H groups in total. The fraction of sp³-hybridized carbons (Fsp3) is 0.111. The molecule has 0 aromatic heterocycles. The van der Waals surface area contributed by atoms with Crippen LogP contribution in [0.25, 0.3) is 0 Å². The summed E-state index contributed by atoms with van der Waals surface area (Å²) in [5.74, 6) is 0.0316. The maximum Gasteiger partial charge on any atom is 0.205 e. The van der Waals surface area contributed by atoms with E-state index < -0.39 is 5.92 Å². The Morgan fingerprint density at radius 3 is 2.70 bits per heavy atom. The van der Waals surface area contributed by atoms with Crippen molar-refractivity contribution >= 4 is 17.4 Å². The van der Waals surface area contributed by atoms with Crippen molar-refractivity contribution in [1.29, 1.82) is 5.26 Å². The minimum absolute atomic E-state index is 0.0354. The highest BCUT2D eigenvalue weighted by molar-refractivity contribution is 6.30. The van der Waals surface area contributed by atoms with Gasteiger partial charge in [0.2, 0.25) is 5.88 Å². The number of rotatable bonds is 3. The van der Waals surface area contributed by atoms with E-state index in [1.807, 2.05) is 6.07 Å². The molecule has 0 saturated carbocycles. The summed E-state index contributed by atoms with van der Waals surface area (Å²) in [5.41, 5.74) is 7.39. The van der Waals surface area contributed by atoms with Gasteiger partial charge in [-0.25, -0.2) is 0 Å². The molecule has 23 heavy (non-hydrogen) atoms. The van der Waals surface area contributed by atoms with E-state index in [2.05, 4.69) is 6.07 Å². The van der Waals surface area contributed by atoms with Gasteiger partial charge in [0.15, 0.2) is 5.78 Å². The number of halogens is 1. The Bertz CT molecular complexity index is 838. The number of nitrogens with two attached hydrogens (primary N) is 1. The molecule has 2 aromatic carbocycles. The van der Waals surface area contributed by atoms with Gasteiger partial charge < -0.3 is 10.5 Å². The molecular weight excluding hydrogens is 312 g/mol. The third-order valence-corrected chi connectivity index (χ3v) is 4.02. The Morgan fingerprint density at radius 2 is 2.00 bits per heavy atom. The number of benzene rings is 2. The zero-order valence-electron chi connectivity index (χ0n) is 12.1. The molecule has 1 unspecified atom stereocenters. The van der Waals surface area contributed by atoms with Crippen LogP contribution in [0.15, 0.2) is 60.0 Å². The Hall–Kier alpha value is -2.77. The summed E-state index contributed by atoms with van der Waals surface area (Å²) in [7, 11) is 0. The molecule has 4 nitrogen and oxygen atoms in total. The van der Waals surface area contributed by atoms with Crippen LogP contribution < -0.4 is 10.5 Å². The monoisotopic (exact) mass is 324 g/mol. The molecule has 5 heteroatoms. The summed E-state index contributed by atoms with van der Waals surface area (Å²) in [4.78, 5) is 12.5. The number of hydrogen-bond acceptors (Lipinski definition) is 4. The van der Waals surface area contributed by atoms with Gasteiger partial charge in [-0.05, 0) is 18.2 Å². The molecule has 0 spiro atoms. The molecule has 1 aliphatic rings. The lowest BCUT2D eigenvalue weighted by molar-refractivity contribution is 0.0976. The van der Waals surface area contributed by atoms with Crippen molar-refractivity contribution in [3.8, 4) is 11.8 Å². The van der Waals surface area contributed by atoms with Crippen molar-refractivity contribution in [1.82, 2.24) is 0 Å². The minimum atomic E-state index is -0.463. The molecule has 1 aliphatic heterocycles. The first-order valence-electron chi connectivity index (χ1n) is 7.05. The van der Waals surface area contributed by atoms with E-state index in [1.165, 1.54) is 0 Å². The van der Waals surface area contributed by atoms with E-state index in [0.29, 0.717) is 21.9 Å². The number of carbonyl (C=O) groups is 1. The number of ether oxygens (including phenoxy) is 1. The third-order valence-electron chi connectivity index (χ3n) is 3.79. The number of nitrogens with zero attached hydrogens (tertiary/aromatic N) is 1. The quantitative estimate of drug-likeness (QED) is 0.872. The maximum absolute atomic E-state index is 12.5. The van der Waals surface area contributed by atoms with Gasteiger partial charge in [0.25, 0.3) is 0 Å². The van der Waals surface area contributed by atoms with Crippen molar-refractivity contribution in [2.75, 3.05) is 0 Å². The lowest BCUT2D eigenvalue weighted by Crippen LogP contribution is -2.22. The second-order valence-electron chi connectivity index (χ2n) is 5.22. The SMILES string of the molecule is N#CC1=C(N)Oc2ccc(Cl)cc2C1CC(=O)c1ccccc1. The molecule has 0 amide bonds. The molecule has 0 aliphatic carbocycles. The van der Waals surface area contributed by atoms with Crippen LogP contribution in [-0.4, -0.2) is 5.78 Å². The Balaban J connectivity index is 2.01. The van der Waals surface area contributed by atoms with Gasteiger partial charge in [-0.1, -0.05) is 41.9 Å². The van der Waals surface area contributed by atoms with Crippen molar-refractivity contribution < 1.29 is 9.53 Å². The van der Waals surface area contributed by atoms with Gasteiger partial charge in [-0.2, -0.15) is 5.26 Å². The second-order valence-corrected chi connectivity index (χ2v) is 5.66. The average Bonchev–Trinajstić information content (AvgIpc) is 2.56. The molecule has 0 bridgehead atoms. The highest BCUT2D eigenvalue weighted by Crippen LogP contribution is 2.41. The zero-order valence-corrected chi connectivity index (χ0v) is 12.9. The molecule has 1 atom stereocenters. The van der Waals surface area contributed by atoms with E-state index in [4.69, 9.17) is 22.1 Å². The number of hydrogen-bond donors (Lipinski definition) is 1. The standard InChI is InChI=1S/C18H13ClN2O2/c19-12-6-7-17-14(8-12)13(15(10-20)18(21)23-17)9-16(22)11-4-2-1-3-5-11/h1-8,13H,9,21H2. The van der Waals surface area contributed by atoms with Crippen molar-refractivity contribution in [3.05, 3.63) is 76.1 Å². The largest absolute Gasteiger partial charge is 0.440 e. The zero-order chi connectivity index (χ0) is 16.4. The third kappa shape index (κ3) is 2.92. The highest BCUT2D eigenvalue weighted by atomic mass is 35.5. The molecule has 0 fully saturated rings. The number of carbonyl (C=O) groups excluding carboxylic acids is 1. The molecular formula is C18H13ClN2O2. The van der Waals surface area contributed by atoms with Gasteiger partial charge in [0, 0.05) is 28.5 Å². The van der Waals surface area contributed by atoms with Gasteiger partial charge in [0.1, 0.15) is 11.8 Å². The van der Waals surface area contributed by atoms with Crippen LogP contribution in [0.3, 0.4) is 0 Å². The Morgan fingerprint density at radius 1 is 1.26 bits per heavy atom. The van der Waals surface area contributed by atoms with Crippen LogP contribution >= 0.6 is 11.6 Å². The predicted molar refractivity (Wildman–Crippen MR) is 87.0 cm³/mol. The van der Waals surface area contributed by atoms with Crippen LogP contribution in [0.5, 0.6) is 5.75 Å². The van der Waals surface area contributed by atoms with Gasteiger partial charge in [-0.15, -0.1) is 0 Å². The molecule has 114 valence electrons. The van der Waals surface area contributed by atoms with Crippen LogP contribution in [0, 0.1) is 11.3 Å². The summed E-state index contributed by atoms with van der Waals surface area (Å²) < 4.78 is 5.47. The predicted octanol–water partition coefficient (Wildman–Crippen LogP) is 3.78. The smallest absolute Gasteiger partial charge is 0.205 e. The fourth-order valence-electron chi connectivity index (χ4n) is 2.66. The lowest BCUT2D eigenvalue weighted by atomic mass is 9.84. The number of allylic oxidation sites excluding steroid dienone is 1. The molecule has 2 aromatic rings. The first-order valence-corrected chi connectivity index (χ1v) is 7.43. The fourth-order valence-corrected chi connectivity index (χ4v) is 2.84. The lowest BCUT2D eigenvalue weighted by Gasteiger charge is -2.25. The maximum atomic E-state index is 12.5. The first-order chi connectivity index (χ1) is 11.1. The number of Topliss-reactive ketones (excluding diaryl/α,β-unsaturated/α-hetero) is 1. The van der Waals surface area contributed by atoms with E-state index in [-0.39, 0.29) is 23.7 Å². The van der Waals surface area contributed by atoms with Crippen molar-refractivity contribution in [2.24, 2.45) is 5.73 Å². The summed E-state index contributed by atoms with van der Waals surface area (Å²) in [6.07, 6.45) is 0.129. The second kappa shape index (κ2) is 6.15. The minimum Gasteiger partial charge on any atom is -0.440 e. The summed E-state index contributed by atoms with van der Waals surface area (Å²) in [6, 6.07) is 16.1. The van der Waals surface area contributed by atoms with Gasteiger partial charge in [0.05, 0.1) is 5.57 Å². The van der Waals surface area contributed by atoms with Crippen LogP contribution in [0.4, 0.5) is 0 Å². The van der Waals surface area contributed by atoms with Crippen molar-refractivity contribution in [3.63, 3.8) is 0 Å². The van der Waals surface area contributed by atoms with Gasteiger partial charge >= 0.3 is 0 Å². The number of nitriles is 1. The summed E-state index contributed by atoms with van der Waals surface area (Å²) >= 11 is 6.05. The van der Waals surface area contributed by atoms with Gasteiger partial charge in [-0.3, -0.25) is 4.79 Å². The summed E-state index contributed by atoms with van der Waals surface area (Å²) in [5, 5.41) is 9.91.